The Hall–Kier alpha value is -1.77. The molecule has 1 aliphatic rings. The summed E-state index contributed by atoms with van der Waals surface area (Å²) in [6.07, 6.45) is 3.96. The SMILES string of the molecule is C=C(COC(C)=O)CC1CCCc2cccc(O)c21. The van der Waals surface area contributed by atoms with Gasteiger partial charge in [-0.2, -0.15) is 0 Å². The lowest BCUT2D eigenvalue weighted by molar-refractivity contribution is -0.140. The summed E-state index contributed by atoms with van der Waals surface area (Å²) in [6.45, 7) is 5.63. The first-order chi connectivity index (χ1) is 9.08. The molecule has 0 fully saturated rings. The maximum absolute atomic E-state index is 10.8. The molecule has 0 heterocycles. The van der Waals surface area contributed by atoms with Gasteiger partial charge in [-0.3, -0.25) is 4.79 Å². The zero-order chi connectivity index (χ0) is 13.8. The molecule has 1 atom stereocenters. The van der Waals surface area contributed by atoms with E-state index in [0.29, 0.717) is 5.75 Å². The Morgan fingerprint density at radius 2 is 2.32 bits per heavy atom. The van der Waals surface area contributed by atoms with Crippen molar-refractivity contribution in [2.45, 2.75) is 38.5 Å². The Morgan fingerprint density at radius 1 is 1.53 bits per heavy atom. The van der Waals surface area contributed by atoms with Crippen molar-refractivity contribution in [3.8, 4) is 5.75 Å². The number of rotatable bonds is 4. The summed E-state index contributed by atoms with van der Waals surface area (Å²) in [6, 6.07) is 5.71. The normalized spacial score (nSPS) is 17.6. The predicted octanol–water partition coefficient (Wildman–Crippen LogP) is 3.32. The highest BCUT2D eigenvalue weighted by molar-refractivity contribution is 5.66. The van der Waals surface area contributed by atoms with Crippen molar-refractivity contribution in [1.29, 1.82) is 0 Å². The van der Waals surface area contributed by atoms with Gasteiger partial charge in [-0.15, -0.1) is 0 Å². The lowest BCUT2D eigenvalue weighted by atomic mass is 9.79. The van der Waals surface area contributed by atoms with E-state index >= 15 is 0 Å². The molecule has 0 saturated heterocycles. The second kappa shape index (κ2) is 5.91. The van der Waals surface area contributed by atoms with Crippen LogP contribution in [-0.2, 0) is 16.0 Å². The van der Waals surface area contributed by atoms with Gasteiger partial charge in [-0.1, -0.05) is 18.7 Å². The number of ether oxygens (including phenoxy) is 1. The number of esters is 1. The van der Waals surface area contributed by atoms with Crippen LogP contribution in [0.25, 0.3) is 0 Å². The van der Waals surface area contributed by atoms with Gasteiger partial charge in [0.25, 0.3) is 0 Å². The number of phenols is 1. The third-order valence-corrected chi connectivity index (χ3v) is 3.59. The minimum absolute atomic E-state index is 0.273. The Labute approximate surface area is 113 Å². The van der Waals surface area contributed by atoms with E-state index < -0.39 is 0 Å². The highest BCUT2D eigenvalue weighted by Crippen LogP contribution is 2.40. The smallest absolute Gasteiger partial charge is 0.302 e. The second-order valence-corrected chi connectivity index (χ2v) is 5.17. The van der Waals surface area contributed by atoms with Crippen LogP contribution in [0.15, 0.2) is 30.4 Å². The molecule has 1 aromatic carbocycles. The number of aryl methyl sites for hydroxylation is 1. The minimum atomic E-state index is -0.284. The van der Waals surface area contributed by atoms with E-state index in [1.807, 2.05) is 6.07 Å². The molecule has 0 amide bonds. The van der Waals surface area contributed by atoms with E-state index in [4.69, 9.17) is 4.74 Å². The number of hydrogen-bond donors (Lipinski definition) is 1. The van der Waals surface area contributed by atoms with Gasteiger partial charge in [-0.25, -0.2) is 0 Å². The van der Waals surface area contributed by atoms with Crippen LogP contribution in [0.1, 0.15) is 43.2 Å². The summed E-state index contributed by atoms with van der Waals surface area (Å²) in [5, 5.41) is 10.0. The molecule has 1 N–H and O–H groups in total. The molecule has 0 bridgehead atoms. The van der Waals surface area contributed by atoms with Crippen molar-refractivity contribution in [1.82, 2.24) is 0 Å². The molecule has 102 valence electrons. The summed E-state index contributed by atoms with van der Waals surface area (Å²) >= 11 is 0. The molecule has 19 heavy (non-hydrogen) atoms. The van der Waals surface area contributed by atoms with Gasteiger partial charge in [0.1, 0.15) is 12.4 Å². The van der Waals surface area contributed by atoms with Gasteiger partial charge in [-0.05, 0) is 48.8 Å². The molecule has 1 aliphatic carbocycles. The van der Waals surface area contributed by atoms with Crippen molar-refractivity contribution in [2.24, 2.45) is 0 Å². The predicted molar refractivity (Wildman–Crippen MR) is 74.2 cm³/mol. The van der Waals surface area contributed by atoms with Crippen LogP contribution >= 0.6 is 0 Å². The molecular formula is C16H20O3. The fourth-order valence-electron chi connectivity index (χ4n) is 2.79. The van der Waals surface area contributed by atoms with Gasteiger partial charge < -0.3 is 9.84 Å². The lowest BCUT2D eigenvalue weighted by Crippen LogP contribution is -2.12. The number of aromatic hydroxyl groups is 1. The lowest BCUT2D eigenvalue weighted by Gasteiger charge is -2.26. The first kappa shape index (κ1) is 13.7. The molecule has 0 aromatic heterocycles. The van der Waals surface area contributed by atoms with Crippen LogP contribution < -0.4 is 0 Å². The topological polar surface area (TPSA) is 46.5 Å². The Kier molecular flexibility index (Phi) is 4.25. The fourth-order valence-corrected chi connectivity index (χ4v) is 2.79. The number of phenolic OH excluding ortho intramolecular Hbond substituents is 1. The van der Waals surface area contributed by atoms with Crippen LogP contribution in [0.5, 0.6) is 5.75 Å². The first-order valence-electron chi connectivity index (χ1n) is 6.68. The third-order valence-electron chi connectivity index (χ3n) is 3.59. The molecule has 0 aliphatic heterocycles. The van der Waals surface area contributed by atoms with Crippen LogP contribution in [-0.4, -0.2) is 17.7 Å². The standard InChI is InChI=1S/C16H20O3/c1-11(10-19-12(2)17)9-14-7-3-5-13-6-4-8-15(18)16(13)14/h4,6,8,14,18H,1,3,5,7,9-10H2,2H3. The molecule has 1 aromatic rings. The van der Waals surface area contributed by atoms with E-state index in [2.05, 4.69) is 12.6 Å². The zero-order valence-corrected chi connectivity index (χ0v) is 11.3. The molecule has 3 heteroatoms. The van der Waals surface area contributed by atoms with Crippen LogP contribution in [0.3, 0.4) is 0 Å². The Morgan fingerprint density at radius 3 is 3.05 bits per heavy atom. The molecular weight excluding hydrogens is 240 g/mol. The van der Waals surface area contributed by atoms with Crippen molar-refractivity contribution in [2.75, 3.05) is 6.61 Å². The largest absolute Gasteiger partial charge is 0.508 e. The van der Waals surface area contributed by atoms with Gasteiger partial charge in [0, 0.05) is 12.5 Å². The number of fused-ring (bicyclic) bond motifs is 1. The second-order valence-electron chi connectivity index (χ2n) is 5.17. The minimum Gasteiger partial charge on any atom is -0.508 e. The van der Waals surface area contributed by atoms with Crippen molar-refractivity contribution >= 4 is 5.97 Å². The average Bonchev–Trinajstić information content (AvgIpc) is 2.37. The van der Waals surface area contributed by atoms with E-state index in [0.717, 1.165) is 36.8 Å². The quantitative estimate of drug-likeness (QED) is 0.667. The summed E-state index contributed by atoms with van der Waals surface area (Å²) in [7, 11) is 0. The summed E-state index contributed by atoms with van der Waals surface area (Å²) < 4.78 is 4.96. The number of carbonyl (C=O) groups excluding carboxylic acids is 1. The molecule has 0 spiro atoms. The van der Waals surface area contributed by atoms with Crippen LogP contribution in [0.4, 0.5) is 0 Å². The van der Waals surface area contributed by atoms with Crippen LogP contribution in [0, 0.1) is 0 Å². The van der Waals surface area contributed by atoms with Gasteiger partial charge in [0.2, 0.25) is 0 Å². The van der Waals surface area contributed by atoms with E-state index in [1.165, 1.54) is 12.5 Å². The maximum atomic E-state index is 10.8. The Balaban J connectivity index is 2.07. The third kappa shape index (κ3) is 3.37. The number of benzene rings is 1. The van der Waals surface area contributed by atoms with E-state index in [-0.39, 0.29) is 18.5 Å². The van der Waals surface area contributed by atoms with Gasteiger partial charge in [0.15, 0.2) is 0 Å². The summed E-state index contributed by atoms with van der Waals surface area (Å²) in [5.41, 5.74) is 3.19. The van der Waals surface area contributed by atoms with Gasteiger partial charge >= 0.3 is 5.97 Å². The van der Waals surface area contributed by atoms with Crippen LogP contribution in [0.2, 0.25) is 0 Å². The van der Waals surface area contributed by atoms with E-state index in [9.17, 15) is 9.90 Å². The molecule has 1 unspecified atom stereocenters. The summed E-state index contributed by atoms with van der Waals surface area (Å²) in [4.78, 5) is 10.8. The summed E-state index contributed by atoms with van der Waals surface area (Å²) in [5.74, 6) is 0.378. The zero-order valence-electron chi connectivity index (χ0n) is 11.3. The van der Waals surface area contributed by atoms with Gasteiger partial charge in [0.05, 0.1) is 0 Å². The van der Waals surface area contributed by atoms with Crippen molar-refractivity contribution < 1.29 is 14.6 Å². The molecule has 2 rings (SSSR count). The first-order valence-corrected chi connectivity index (χ1v) is 6.68. The average molecular weight is 260 g/mol. The molecule has 0 saturated carbocycles. The highest BCUT2D eigenvalue weighted by atomic mass is 16.5. The number of hydrogen-bond acceptors (Lipinski definition) is 3. The molecule has 3 nitrogen and oxygen atoms in total. The fraction of sp³-hybridized carbons (Fsp3) is 0.438. The highest BCUT2D eigenvalue weighted by Gasteiger charge is 2.23. The molecule has 0 radical (unpaired) electrons. The van der Waals surface area contributed by atoms with Crippen molar-refractivity contribution in [3.63, 3.8) is 0 Å². The monoisotopic (exact) mass is 260 g/mol. The van der Waals surface area contributed by atoms with Crippen molar-refractivity contribution in [3.05, 3.63) is 41.5 Å². The number of carbonyl (C=O) groups is 1. The van der Waals surface area contributed by atoms with E-state index in [1.54, 1.807) is 6.07 Å². The Bertz CT molecular complexity index is 491. The maximum Gasteiger partial charge on any atom is 0.302 e.